The highest BCUT2D eigenvalue weighted by molar-refractivity contribution is 6.17. The van der Waals surface area contributed by atoms with E-state index in [9.17, 15) is 35.9 Å². The number of benzene rings is 6. The van der Waals surface area contributed by atoms with Crippen LogP contribution < -0.4 is 43.8 Å². The van der Waals surface area contributed by atoms with Gasteiger partial charge >= 0.3 is 11.6 Å². The Morgan fingerprint density at radius 2 is 0.977 bits per heavy atom. The number of alkyl halides is 1. The molecular formula is C61H57ClN12O12. The number of nitro groups is 2. The molecule has 0 saturated carbocycles. The zero-order valence-corrected chi connectivity index (χ0v) is 47.2. The van der Waals surface area contributed by atoms with E-state index >= 15 is 0 Å². The van der Waals surface area contributed by atoms with Gasteiger partial charge in [0.25, 0.3) is 0 Å². The number of phenols is 1. The van der Waals surface area contributed by atoms with Gasteiger partial charge in [0.15, 0.2) is 57.6 Å². The van der Waals surface area contributed by atoms with Crippen molar-refractivity contribution in [3.8, 4) is 69.6 Å². The average Bonchev–Trinajstić information content (AvgIpc) is 2.88. The summed E-state index contributed by atoms with van der Waals surface area (Å²) in [5.41, 5.74) is 4.42. The van der Waals surface area contributed by atoms with Gasteiger partial charge in [0, 0.05) is 60.5 Å². The maximum absolute atomic E-state index is 11.3. The van der Waals surface area contributed by atoms with E-state index < -0.39 is 9.85 Å². The molecule has 0 bridgehead atoms. The van der Waals surface area contributed by atoms with E-state index in [1.807, 2.05) is 97.1 Å². The minimum Gasteiger partial charge on any atom is -0.504 e. The molecule has 24 nitrogen and oxygen atoms in total. The maximum atomic E-state index is 11.3. The molecule has 0 fully saturated rings. The molecule has 440 valence electrons. The fraction of sp³-hybridized carbons (Fsp3) is 0.180. The predicted molar refractivity (Wildman–Crippen MR) is 323 cm³/mol. The molecule has 0 saturated heterocycles. The minimum atomic E-state index is -0.483. The van der Waals surface area contributed by atoms with E-state index in [1.54, 1.807) is 46.3 Å². The lowest BCUT2D eigenvalue weighted by molar-refractivity contribution is -0.392. The van der Waals surface area contributed by atoms with Crippen LogP contribution in [-0.4, -0.2) is 84.9 Å². The van der Waals surface area contributed by atoms with E-state index in [-0.39, 0.29) is 38.0 Å². The van der Waals surface area contributed by atoms with Crippen LogP contribution in [0.4, 0.5) is 34.4 Å². The number of aromatic hydroxyl groups is 1. The van der Waals surface area contributed by atoms with Gasteiger partial charge in [0.2, 0.25) is 0 Å². The summed E-state index contributed by atoms with van der Waals surface area (Å²) < 4.78 is 42.2. The summed E-state index contributed by atoms with van der Waals surface area (Å²) in [6.45, 7) is 4.16. The molecule has 3 N–H and O–H groups in total. The number of anilines is 4. The molecule has 0 aliphatic rings. The molecule has 0 radical (unpaired) electrons. The van der Waals surface area contributed by atoms with Crippen LogP contribution in [0.25, 0.3) is 21.8 Å². The number of ether oxygens (including phenoxy) is 7. The Morgan fingerprint density at radius 1 is 0.558 bits per heavy atom. The van der Waals surface area contributed by atoms with Crippen LogP contribution in [0.3, 0.4) is 0 Å². The molecule has 4 heterocycles. The third-order valence-corrected chi connectivity index (χ3v) is 12.9. The Balaban J connectivity index is 0.000000210. The number of hydrogen-bond donors (Lipinski definition) is 3. The molecule has 0 aliphatic heterocycles. The van der Waals surface area contributed by atoms with E-state index in [1.165, 1.54) is 54.2 Å². The van der Waals surface area contributed by atoms with Gasteiger partial charge in [0.1, 0.15) is 55.7 Å². The first-order valence-corrected chi connectivity index (χ1v) is 26.1. The highest BCUT2D eigenvalue weighted by Gasteiger charge is 2.21. The van der Waals surface area contributed by atoms with Crippen LogP contribution in [0, 0.1) is 56.7 Å². The van der Waals surface area contributed by atoms with E-state index in [0.717, 1.165) is 11.4 Å². The van der Waals surface area contributed by atoms with Crippen molar-refractivity contribution in [3.63, 3.8) is 0 Å². The summed E-state index contributed by atoms with van der Waals surface area (Å²) in [5, 5.41) is 59.0. The number of fused-ring (bicyclic) bond motifs is 2. The molecule has 0 atom stereocenters. The topological polar surface area (TPSA) is 304 Å². The van der Waals surface area contributed by atoms with Crippen LogP contribution in [0.5, 0.6) is 57.5 Å². The molecule has 4 aromatic heterocycles. The maximum Gasteiger partial charge on any atom is 0.342 e. The van der Waals surface area contributed by atoms with Gasteiger partial charge in [0.05, 0.1) is 67.9 Å². The molecule has 10 aromatic rings. The summed E-state index contributed by atoms with van der Waals surface area (Å²) >= 11 is 5.47. The van der Waals surface area contributed by atoms with Crippen molar-refractivity contribution in [2.24, 2.45) is 0 Å². The predicted octanol–water partition coefficient (Wildman–Crippen LogP) is 13.5. The smallest absolute Gasteiger partial charge is 0.342 e. The van der Waals surface area contributed by atoms with Crippen molar-refractivity contribution in [2.45, 2.75) is 34.4 Å². The summed E-state index contributed by atoms with van der Waals surface area (Å²) in [5.74, 6) is 6.19. The summed E-state index contributed by atoms with van der Waals surface area (Å²) in [7, 11) is 6.15. The van der Waals surface area contributed by atoms with Gasteiger partial charge in [-0.05, 0) is 94.8 Å². The summed E-state index contributed by atoms with van der Waals surface area (Å²) in [6.07, 6.45) is 5.41. The van der Waals surface area contributed by atoms with Crippen molar-refractivity contribution in [3.05, 3.63) is 189 Å². The first-order valence-electron chi connectivity index (χ1n) is 25.6. The monoisotopic (exact) mass is 1180 g/mol. The van der Waals surface area contributed by atoms with Gasteiger partial charge < -0.3 is 69.1 Å². The van der Waals surface area contributed by atoms with Gasteiger partial charge in [-0.1, -0.05) is 31.7 Å². The van der Waals surface area contributed by atoms with Gasteiger partial charge in [-0.25, -0.2) is 19.1 Å². The number of nitrogens with one attached hydrogen (secondary N) is 2. The van der Waals surface area contributed by atoms with Crippen molar-refractivity contribution < 1.29 is 48.1 Å². The SMILES string of the molecule is C.COc1cc2c(Nc3ccc(Oc4ccccc4OC)cc3)c(C#N)cnc2cc1O.COc1cc2c(Nc3ccc(Oc4ccccc4OC)cc3)c(C#N)cnc2cc1OCCn1c([N+](=O)[O-])cnc1C.Cc1ncc([N+](=O)[O-])n1CCCl. The van der Waals surface area contributed by atoms with Crippen molar-refractivity contribution in [2.75, 3.05) is 51.6 Å². The first-order chi connectivity index (χ1) is 41.2. The van der Waals surface area contributed by atoms with Crippen LogP contribution >= 0.6 is 11.6 Å². The molecule has 0 aliphatic carbocycles. The summed E-state index contributed by atoms with van der Waals surface area (Å²) in [6, 6.07) is 40.3. The standard InChI is InChI=1S/C30H26N6O6.C24H19N3O4.C6H8ClN3O2.CH4/c1-19-32-18-29(36(37)38)35(19)12-13-41-28-15-24-23(14-27(28)40-3)30(20(16-31)17-33-24)34-21-8-10-22(11-9-21)42-26-7-5-4-6-25(26)39-2;1-29-21-5-3-4-6-22(21)31-17-9-7-16(8-10-17)27-24-15(13-25)14-26-19-12-20(28)23(30-2)11-18(19)24;1-5-8-4-6(10(11)12)9(5)3-2-7;/h4-11,14-15,17-18H,12-13H2,1-3H3,(H,33,34);3-12,14,28H,1-2H3,(H,26,27);4H,2-3H2,1H3;1H4. The van der Waals surface area contributed by atoms with Crippen molar-refractivity contribution >= 4 is 67.8 Å². The van der Waals surface area contributed by atoms with Crippen LogP contribution in [0.2, 0.25) is 0 Å². The number of nitriles is 2. The first kappa shape index (κ1) is 62.2. The fourth-order valence-electron chi connectivity index (χ4n) is 8.53. The number of para-hydroxylation sites is 4. The normalized spacial score (nSPS) is 10.3. The Labute approximate surface area is 498 Å². The third kappa shape index (κ3) is 14.6. The quantitative estimate of drug-likeness (QED) is 0.0363. The van der Waals surface area contributed by atoms with Gasteiger partial charge in [-0.3, -0.25) is 9.97 Å². The van der Waals surface area contributed by atoms with E-state index in [2.05, 4.69) is 42.7 Å². The lowest BCUT2D eigenvalue weighted by Crippen LogP contribution is -2.12. The molecule has 0 spiro atoms. The Bertz CT molecular complexity index is 4110. The highest BCUT2D eigenvalue weighted by atomic mass is 35.5. The van der Waals surface area contributed by atoms with Crippen LogP contribution in [0.15, 0.2) is 146 Å². The van der Waals surface area contributed by atoms with Crippen LogP contribution in [0.1, 0.15) is 30.2 Å². The Kier molecular flexibility index (Phi) is 21.0. The largest absolute Gasteiger partial charge is 0.504 e. The second-order valence-corrected chi connectivity index (χ2v) is 18.2. The number of pyridine rings is 2. The zero-order chi connectivity index (χ0) is 60.6. The molecule has 10 rings (SSSR count). The number of aryl methyl sites for hydroxylation is 2. The molecule has 6 aromatic carbocycles. The third-order valence-electron chi connectivity index (χ3n) is 12.7. The summed E-state index contributed by atoms with van der Waals surface area (Å²) in [4.78, 5) is 37.3. The highest BCUT2D eigenvalue weighted by Crippen LogP contribution is 2.40. The lowest BCUT2D eigenvalue weighted by atomic mass is 10.1. The van der Waals surface area contributed by atoms with Crippen molar-refractivity contribution in [1.29, 1.82) is 10.5 Å². The Hall–Kier alpha value is -11.4. The van der Waals surface area contributed by atoms with E-state index in [0.29, 0.717) is 120 Å². The zero-order valence-electron chi connectivity index (χ0n) is 46.5. The molecule has 0 unspecified atom stereocenters. The lowest BCUT2D eigenvalue weighted by Gasteiger charge is -2.16. The van der Waals surface area contributed by atoms with Gasteiger partial charge in [-0.15, -0.1) is 11.6 Å². The van der Waals surface area contributed by atoms with E-state index in [4.69, 9.17) is 44.8 Å². The van der Waals surface area contributed by atoms with Crippen LogP contribution in [-0.2, 0) is 13.1 Å². The van der Waals surface area contributed by atoms with Crippen molar-refractivity contribution in [1.82, 2.24) is 29.1 Å². The number of aromatic nitrogens is 6. The number of imidazole rings is 2. The molecule has 0 amide bonds. The number of halogens is 1. The molecule has 86 heavy (non-hydrogen) atoms. The number of methoxy groups -OCH3 is 4. The Morgan fingerprint density at radius 3 is 1.40 bits per heavy atom. The molecule has 25 heteroatoms. The number of phenolic OH excluding ortho intramolecular Hbond substituents is 1. The second-order valence-electron chi connectivity index (χ2n) is 17.9. The average molecular weight is 1190 g/mol. The molecular weight excluding hydrogens is 1130 g/mol. The number of rotatable bonds is 20. The van der Waals surface area contributed by atoms with Gasteiger partial charge in [-0.2, -0.15) is 10.5 Å². The second kappa shape index (κ2) is 29.0. The number of nitrogens with zero attached hydrogens (tertiary/aromatic N) is 10. The minimum absolute atomic E-state index is 0. The number of hydrogen-bond acceptors (Lipinski definition) is 20. The fourth-order valence-corrected chi connectivity index (χ4v) is 8.70.